The molecule has 1 fully saturated rings. The van der Waals surface area contributed by atoms with Crippen molar-refractivity contribution in [2.45, 2.75) is 24.8 Å². The molecule has 140 valence electrons. The summed E-state index contributed by atoms with van der Waals surface area (Å²) in [5, 5.41) is 13.8. The van der Waals surface area contributed by atoms with Crippen LogP contribution in [0.3, 0.4) is 0 Å². The summed E-state index contributed by atoms with van der Waals surface area (Å²) in [4.78, 5) is 8.63. The SMILES string of the molecule is FC(F)c1nnc(-c2cnc(NC3(c4ccccc4)CCNCC3)nc2)o1. The fourth-order valence-corrected chi connectivity index (χ4v) is 3.25. The lowest BCUT2D eigenvalue weighted by Gasteiger charge is -2.39. The maximum absolute atomic E-state index is 12.6. The van der Waals surface area contributed by atoms with Gasteiger partial charge in [0, 0.05) is 12.4 Å². The minimum atomic E-state index is -2.81. The van der Waals surface area contributed by atoms with Crippen molar-refractivity contribution in [2.24, 2.45) is 0 Å². The second-order valence-corrected chi connectivity index (χ2v) is 6.36. The zero-order valence-electron chi connectivity index (χ0n) is 14.4. The molecule has 0 unspecified atom stereocenters. The van der Waals surface area contributed by atoms with Crippen molar-refractivity contribution in [1.82, 2.24) is 25.5 Å². The molecule has 9 heteroatoms. The van der Waals surface area contributed by atoms with E-state index in [2.05, 4.69) is 42.9 Å². The maximum Gasteiger partial charge on any atom is 0.314 e. The monoisotopic (exact) mass is 372 g/mol. The number of alkyl halides is 2. The van der Waals surface area contributed by atoms with Crippen molar-refractivity contribution in [2.75, 3.05) is 18.4 Å². The van der Waals surface area contributed by atoms with Gasteiger partial charge in [0.15, 0.2) is 0 Å². The van der Waals surface area contributed by atoms with Gasteiger partial charge in [0.25, 0.3) is 11.8 Å². The van der Waals surface area contributed by atoms with Gasteiger partial charge in [0.05, 0.1) is 11.1 Å². The molecule has 7 nitrogen and oxygen atoms in total. The second-order valence-electron chi connectivity index (χ2n) is 6.36. The van der Waals surface area contributed by atoms with Crippen molar-refractivity contribution in [1.29, 1.82) is 0 Å². The zero-order chi connectivity index (χ0) is 18.7. The normalized spacial score (nSPS) is 16.4. The smallest absolute Gasteiger partial charge is 0.314 e. The number of anilines is 1. The summed E-state index contributed by atoms with van der Waals surface area (Å²) in [6, 6.07) is 10.2. The Bertz CT molecular complexity index is 878. The summed E-state index contributed by atoms with van der Waals surface area (Å²) in [6.45, 7) is 1.77. The summed E-state index contributed by atoms with van der Waals surface area (Å²) < 4.78 is 30.1. The van der Waals surface area contributed by atoms with Gasteiger partial charge in [-0.15, -0.1) is 10.2 Å². The predicted molar refractivity (Wildman–Crippen MR) is 94.1 cm³/mol. The van der Waals surface area contributed by atoms with E-state index in [1.165, 1.54) is 18.0 Å². The number of rotatable bonds is 5. The Balaban J connectivity index is 1.57. The van der Waals surface area contributed by atoms with Crippen LogP contribution in [-0.2, 0) is 5.54 Å². The number of aromatic nitrogens is 4. The largest absolute Gasteiger partial charge is 0.415 e. The zero-order valence-corrected chi connectivity index (χ0v) is 14.4. The van der Waals surface area contributed by atoms with Crippen LogP contribution in [0.25, 0.3) is 11.5 Å². The Morgan fingerprint density at radius 2 is 1.74 bits per heavy atom. The Kier molecular flexibility index (Phi) is 4.76. The molecule has 0 spiro atoms. The minimum Gasteiger partial charge on any atom is -0.415 e. The number of benzene rings is 1. The minimum absolute atomic E-state index is 0.0310. The molecule has 0 bridgehead atoms. The highest BCUT2D eigenvalue weighted by Crippen LogP contribution is 2.34. The number of piperidine rings is 1. The van der Waals surface area contributed by atoms with E-state index in [0.29, 0.717) is 11.5 Å². The second kappa shape index (κ2) is 7.36. The van der Waals surface area contributed by atoms with Gasteiger partial charge in [0.2, 0.25) is 5.95 Å². The van der Waals surface area contributed by atoms with Gasteiger partial charge < -0.3 is 15.1 Å². The molecular formula is C18H18F2N6O. The molecule has 0 radical (unpaired) electrons. The molecule has 4 rings (SSSR count). The van der Waals surface area contributed by atoms with Gasteiger partial charge in [-0.05, 0) is 31.5 Å². The molecule has 1 saturated heterocycles. The summed E-state index contributed by atoms with van der Waals surface area (Å²) in [5.74, 6) is -0.292. The summed E-state index contributed by atoms with van der Waals surface area (Å²) in [6.07, 6.45) is 1.95. The molecule has 27 heavy (non-hydrogen) atoms. The molecule has 1 aliphatic rings. The number of nitrogens with one attached hydrogen (secondary N) is 2. The van der Waals surface area contributed by atoms with Crippen LogP contribution in [0.1, 0.15) is 30.7 Å². The average Bonchev–Trinajstić information content (AvgIpc) is 3.21. The van der Waals surface area contributed by atoms with Gasteiger partial charge in [-0.25, -0.2) is 9.97 Å². The van der Waals surface area contributed by atoms with Gasteiger partial charge in [-0.2, -0.15) is 8.78 Å². The van der Waals surface area contributed by atoms with E-state index < -0.39 is 12.3 Å². The topological polar surface area (TPSA) is 88.8 Å². The predicted octanol–water partition coefficient (Wildman–Crippen LogP) is 3.16. The van der Waals surface area contributed by atoms with Gasteiger partial charge in [-0.3, -0.25) is 0 Å². The third-order valence-corrected chi connectivity index (χ3v) is 4.66. The molecule has 0 saturated carbocycles. The fourth-order valence-electron chi connectivity index (χ4n) is 3.25. The lowest BCUT2D eigenvalue weighted by atomic mass is 9.81. The first-order chi connectivity index (χ1) is 13.2. The Hall–Kier alpha value is -2.94. The molecule has 1 aromatic carbocycles. The summed E-state index contributed by atoms with van der Waals surface area (Å²) >= 11 is 0. The first-order valence-corrected chi connectivity index (χ1v) is 8.65. The Morgan fingerprint density at radius 3 is 2.37 bits per heavy atom. The van der Waals surface area contributed by atoms with Crippen LogP contribution in [0.4, 0.5) is 14.7 Å². The standard InChI is InChI=1S/C18H18F2N6O/c19-14(20)16-26-25-15(27-16)12-10-22-17(23-11-12)24-18(6-8-21-9-7-18)13-4-2-1-3-5-13/h1-5,10-11,14,21H,6-9H2,(H,22,23,24). The Labute approximate surface area is 154 Å². The van der Waals surface area contributed by atoms with Crippen LogP contribution in [0.15, 0.2) is 47.1 Å². The molecule has 2 aromatic heterocycles. The number of halogens is 2. The first kappa shape index (κ1) is 17.5. The number of nitrogens with zero attached hydrogens (tertiary/aromatic N) is 4. The fraction of sp³-hybridized carbons (Fsp3) is 0.333. The van der Waals surface area contributed by atoms with Crippen molar-refractivity contribution >= 4 is 5.95 Å². The van der Waals surface area contributed by atoms with E-state index >= 15 is 0 Å². The molecule has 3 aromatic rings. The van der Waals surface area contributed by atoms with Crippen LogP contribution in [0, 0.1) is 0 Å². The van der Waals surface area contributed by atoms with Crippen LogP contribution >= 0.6 is 0 Å². The van der Waals surface area contributed by atoms with Crippen molar-refractivity contribution in [3.05, 3.63) is 54.2 Å². The van der Waals surface area contributed by atoms with E-state index in [9.17, 15) is 8.78 Å². The van der Waals surface area contributed by atoms with Crippen molar-refractivity contribution < 1.29 is 13.2 Å². The van der Waals surface area contributed by atoms with Gasteiger partial charge in [-0.1, -0.05) is 30.3 Å². The number of hydrogen-bond acceptors (Lipinski definition) is 7. The quantitative estimate of drug-likeness (QED) is 0.711. The van der Waals surface area contributed by atoms with Gasteiger partial charge in [0.1, 0.15) is 0 Å². The van der Waals surface area contributed by atoms with Crippen molar-refractivity contribution in [3.63, 3.8) is 0 Å². The molecule has 0 aliphatic carbocycles. The molecule has 2 N–H and O–H groups in total. The van der Waals surface area contributed by atoms with E-state index in [-0.39, 0.29) is 11.4 Å². The van der Waals surface area contributed by atoms with E-state index in [4.69, 9.17) is 4.42 Å². The van der Waals surface area contributed by atoms with Gasteiger partial charge >= 0.3 is 6.43 Å². The Morgan fingerprint density at radius 1 is 1.04 bits per heavy atom. The van der Waals surface area contributed by atoms with Crippen LogP contribution < -0.4 is 10.6 Å². The molecular weight excluding hydrogens is 354 g/mol. The third kappa shape index (κ3) is 3.63. The summed E-state index contributed by atoms with van der Waals surface area (Å²) in [5.41, 5.74) is 1.30. The van der Waals surface area contributed by atoms with Crippen LogP contribution in [-0.4, -0.2) is 33.3 Å². The maximum atomic E-state index is 12.6. The van der Waals surface area contributed by atoms with E-state index in [0.717, 1.165) is 25.9 Å². The number of hydrogen-bond donors (Lipinski definition) is 2. The van der Waals surface area contributed by atoms with Crippen LogP contribution in [0.5, 0.6) is 0 Å². The highest BCUT2D eigenvalue weighted by atomic mass is 19.3. The average molecular weight is 372 g/mol. The highest BCUT2D eigenvalue weighted by molar-refractivity contribution is 5.51. The first-order valence-electron chi connectivity index (χ1n) is 8.65. The molecule has 0 amide bonds. The van der Waals surface area contributed by atoms with E-state index in [1.54, 1.807) is 0 Å². The lowest BCUT2D eigenvalue weighted by Crippen LogP contribution is -2.45. The molecule has 3 heterocycles. The van der Waals surface area contributed by atoms with E-state index in [1.807, 2.05) is 18.2 Å². The van der Waals surface area contributed by atoms with Crippen molar-refractivity contribution in [3.8, 4) is 11.5 Å². The molecule has 0 atom stereocenters. The van der Waals surface area contributed by atoms with Crippen LogP contribution in [0.2, 0.25) is 0 Å². The summed E-state index contributed by atoms with van der Waals surface area (Å²) in [7, 11) is 0. The molecule has 1 aliphatic heterocycles. The lowest BCUT2D eigenvalue weighted by molar-refractivity contribution is 0.116. The highest BCUT2D eigenvalue weighted by Gasteiger charge is 2.34. The third-order valence-electron chi connectivity index (χ3n) is 4.66.